The van der Waals surface area contributed by atoms with Crippen LogP contribution in [0.2, 0.25) is 0 Å². The quantitative estimate of drug-likeness (QED) is 0.886. The Kier molecular flexibility index (Phi) is 3.47. The Balaban J connectivity index is 1.68. The van der Waals surface area contributed by atoms with Crippen LogP contribution in [0.15, 0.2) is 24.0 Å². The van der Waals surface area contributed by atoms with Gasteiger partial charge >= 0.3 is 0 Å². The molecule has 0 aliphatic carbocycles. The number of piperidine rings is 1. The van der Waals surface area contributed by atoms with E-state index in [1.165, 1.54) is 12.8 Å². The van der Waals surface area contributed by atoms with Crippen molar-refractivity contribution in [2.75, 3.05) is 18.4 Å². The molecule has 0 unspecified atom stereocenters. The van der Waals surface area contributed by atoms with Crippen LogP contribution in [0.1, 0.15) is 24.5 Å². The molecule has 0 radical (unpaired) electrons. The van der Waals surface area contributed by atoms with Crippen LogP contribution in [0.4, 0.5) is 10.9 Å². The van der Waals surface area contributed by atoms with Crippen LogP contribution in [-0.2, 0) is 0 Å². The normalized spacial score (nSPS) is 19.7. The molecule has 5 nitrogen and oxygen atoms in total. The van der Waals surface area contributed by atoms with E-state index in [0.29, 0.717) is 5.92 Å². The largest absolute Gasteiger partial charge is 0.316 e. The zero-order chi connectivity index (χ0) is 12.2. The molecule has 1 fully saturated rings. The van der Waals surface area contributed by atoms with Crippen LogP contribution in [-0.4, -0.2) is 28.0 Å². The van der Waals surface area contributed by atoms with E-state index >= 15 is 0 Å². The van der Waals surface area contributed by atoms with E-state index in [2.05, 4.69) is 25.6 Å². The van der Waals surface area contributed by atoms with Gasteiger partial charge in [-0.15, -0.1) is 11.3 Å². The van der Waals surface area contributed by atoms with Crippen LogP contribution in [0.25, 0.3) is 0 Å². The van der Waals surface area contributed by atoms with Crippen molar-refractivity contribution < 1.29 is 0 Å². The van der Waals surface area contributed by atoms with Gasteiger partial charge in [0.25, 0.3) is 0 Å². The summed E-state index contributed by atoms with van der Waals surface area (Å²) in [4.78, 5) is 13.0. The molecule has 18 heavy (non-hydrogen) atoms. The van der Waals surface area contributed by atoms with E-state index in [9.17, 15) is 0 Å². The molecular formula is C12H15N5S. The Morgan fingerprint density at radius 1 is 1.28 bits per heavy atom. The Labute approximate surface area is 110 Å². The van der Waals surface area contributed by atoms with Crippen molar-refractivity contribution in [1.82, 2.24) is 20.3 Å². The highest BCUT2D eigenvalue weighted by Gasteiger charge is 2.16. The van der Waals surface area contributed by atoms with Gasteiger partial charge in [-0.05, 0) is 19.4 Å². The zero-order valence-corrected chi connectivity index (χ0v) is 10.8. The van der Waals surface area contributed by atoms with Gasteiger partial charge in [0.15, 0.2) is 10.9 Å². The lowest BCUT2D eigenvalue weighted by Gasteiger charge is -2.21. The second-order valence-electron chi connectivity index (χ2n) is 4.33. The minimum absolute atomic E-state index is 0.500. The van der Waals surface area contributed by atoms with E-state index in [0.717, 1.165) is 29.7 Å². The Morgan fingerprint density at radius 3 is 2.94 bits per heavy atom. The van der Waals surface area contributed by atoms with E-state index in [1.54, 1.807) is 23.7 Å². The first kappa shape index (κ1) is 11.6. The SMILES string of the molecule is c1csc(Nc2cnc([C@@H]3CCCNC3)cn2)n1. The maximum absolute atomic E-state index is 4.49. The molecule has 0 bridgehead atoms. The molecule has 1 aliphatic rings. The minimum atomic E-state index is 0.500. The van der Waals surface area contributed by atoms with Gasteiger partial charge in [0, 0.05) is 24.0 Å². The highest BCUT2D eigenvalue weighted by Crippen LogP contribution is 2.22. The van der Waals surface area contributed by atoms with Gasteiger partial charge < -0.3 is 10.6 Å². The number of hydrogen-bond donors (Lipinski definition) is 2. The molecule has 1 saturated heterocycles. The third-order valence-electron chi connectivity index (χ3n) is 3.05. The number of thiazole rings is 1. The van der Waals surface area contributed by atoms with Crippen LogP contribution >= 0.6 is 11.3 Å². The van der Waals surface area contributed by atoms with Gasteiger partial charge in [-0.2, -0.15) is 0 Å². The van der Waals surface area contributed by atoms with Gasteiger partial charge in [0.1, 0.15) is 0 Å². The summed E-state index contributed by atoms with van der Waals surface area (Å²) in [5, 5.41) is 9.30. The predicted octanol–water partition coefficient (Wildman–Crippen LogP) is 2.14. The first-order valence-corrected chi connectivity index (χ1v) is 6.99. The molecular weight excluding hydrogens is 246 g/mol. The molecule has 0 aromatic carbocycles. The van der Waals surface area contributed by atoms with Crippen molar-refractivity contribution in [2.24, 2.45) is 0 Å². The summed E-state index contributed by atoms with van der Waals surface area (Å²) in [6, 6.07) is 0. The smallest absolute Gasteiger partial charge is 0.188 e. The first-order chi connectivity index (χ1) is 8.92. The maximum atomic E-state index is 4.49. The van der Waals surface area contributed by atoms with Crippen molar-refractivity contribution in [3.05, 3.63) is 29.7 Å². The lowest BCUT2D eigenvalue weighted by atomic mass is 9.97. The molecule has 1 atom stereocenters. The number of rotatable bonds is 3. The number of anilines is 2. The second-order valence-corrected chi connectivity index (χ2v) is 5.23. The first-order valence-electron chi connectivity index (χ1n) is 6.11. The van der Waals surface area contributed by atoms with Gasteiger partial charge in [-0.3, -0.25) is 4.98 Å². The Morgan fingerprint density at radius 2 is 2.28 bits per heavy atom. The van der Waals surface area contributed by atoms with Crippen LogP contribution in [0.5, 0.6) is 0 Å². The van der Waals surface area contributed by atoms with Gasteiger partial charge in [0.2, 0.25) is 0 Å². The summed E-state index contributed by atoms with van der Waals surface area (Å²) in [5.74, 6) is 1.25. The second kappa shape index (κ2) is 5.41. The Hall–Kier alpha value is -1.53. The van der Waals surface area contributed by atoms with Gasteiger partial charge in [-0.1, -0.05) is 0 Å². The van der Waals surface area contributed by atoms with Crippen LogP contribution in [0, 0.1) is 0 Å². The summed E-state index contributed by atoms with van der Waals surface area (Å²) < 4.78 is 0. The van der Waals surface area contributed by atoms with Gasteiger partial charge in [0.05, 0.1) is 18.1 Å². The highest BCUT2D eigenvalue weighted by molar-refractivity contribution is 7.13. The average Bonchev–Trinajstić information content (AvgIpc) is 2.94. The highest BCUT2D eigenvalue weighted by atomic mass is 32.1. The molecule has 0 spiro atoms. The summed E-state index contributed by atoms with van der Waals surface area (Å²) in [7, 11) is 0. The molecule has 2 aromatic heterocycles. The van der Waals surface area contributed by atoms with Crippen molar-refractivity contribution >= 4 is 22.3 Å². The maximum Gasteiger partial charge on any atom is 0.188 e. The van der Waals surface area contributed by atoms with Crippen molar-refractivity contribution in [1.29, 1.82) is 0 Å². The van der Waals surface area contributed by atoms with E-state index in [4.69, 9.17) is 0 Å². The number of hydrogen-bond acceptors (Lipinski definition) is 6. The third-order valence-corrected chi connectivity index (χ3v) is 3.74. The summed E-state index contributed by atoms with van der Waals surface area (Å²) >= 11 is 1.55. The van der Waals surface area contributed by atoms with Gasteiger partial charge in [-0.25, -0.2) is 9.97 Å². The molecule has 2 aromatic rings. The molecule has 0 amide bonds. The molecule has 1 aliphatic heterocycles. The Bertz CT molecular complexity index is 476. The molecule has 2 N–H and O–H groups in total. The molecule has 3 rings (SSSR count). The fourth-order valence-corrected chi connectivity index (χ4v) is 2.65. The standard InChI is InChI=1S/C12H15N5S/c1-2-9(6-13-3-1)10-7-16-11(8-15-10)17-12-14-4-5-18-12/h4-5,7-9,13H,1-3,6H2,(H,14,16,17)/t9-/m1/s1. The number of aromatic nitrogens is 3. The summed E-state index contributed by atoms with van der Waals surface area (Å²) in [5.41, 5.74) is 1.08. The summed E-state index contributed by atoms with van der Waals surface area (Å²) in [6.07, 6.45) is 7.83. The predicted molar refractivity (Wildman–Crippen MR) is 72.3 cm³/mol. The zero-order valence-electron chi connectivity index (χ0n) is 9.97. The van der Waals surface area contributed by atoms with E-state index in [-0.39, 0.29) is 0 Å². The lowest BCUT2D eigenvalue weighted by Crippen LogP contribution is -2.28. The fourth-order valence-electron chi connectivity index (χ4n) is 2.11. The molecule has 6 heteroatoms. The topological polar surface area (TPSA) is 62.7 Å². The fraction of sp³-hybridized carbons (Fsp3) is 0.417. The van der Waals surface area contributed by atoms with E-state index in [1.807, 2.05) is 11.6 Å². The average molecular weight is 261 g/mol. The van der Waals surface area contributed by atoms with Crippen LogP contribution in [0.3, 0.4) is 0 Å². The molecule has 3 heterocycles. The number of nitrogens with zero attached hydrogens (tertiary/aromatic N) is 3. The minimum Gasteiger partial charge on any atom is -0.316 e. The number of nitrogens with one attached hydrogen (secondary N) is 2. The summed E-state index contributed by atoms with van der Waals surface area (Å²) in [6.45, 7) is 2.13. The molecule has 0 saturated carbocycles. The van der Waals surface area contributed by atoms with Crippen molar-refractivity contribution in [3.8, 4) is 0 Å². The van der Waals surface area contributed by atoms with Crippen LogP contribution < -0.4 is 10.6 Å². The van der Waals surface area contributed by atoms with Crippen molar-refractivity contribution in [2.45, 2.75) is 18.8 Å². The monoisotopic (exact) mass is 261 g/mol. The lowest BCUT2D eigenvalue weighted by molar-refractivity contribution is 0.454. The van der Waals surface area contributed by atoms with Crippen molar-refractivity contribution in [3.63, 3.8) is 0 Å². The van der Waals surface area contributed by atoms with E-state index < -0.39 is 0 Å². The third kappa shape index (κ3) is 2.65. The molecule has 94 valence electrons.